The zero-order valence-electron chi connectivity index (χ0n) is 14.5. The van der Waals surface area contributed by atoms with Crippen molar-refractivity contribution in [2.24, 2.45) is 4.99 Å². The van der Waals surface area contributed by atoms with Crippen LogP contribution in [-0.2, 0) is 6.42 Å². The van der Waals surface area contributed by atoms with E-state index in [-0.39, 0.29) is 0 Å². The summed E-state index contributed by atoms with van der Waals surface area (Å²) in [4.78, 5) is 7.25. The summed E-state index contributed by atoms with van der Waals surface area (Å²) in [6.07, 6.45) is 2.19. The Balaban J connectivity index is 1.92. The van der Waals surface area contributed by atoms with Crippen molar-refractivity contribution >= 4 is 17.7 Å². The van der Waals surface area contributed by atoms with Gasteiger partial charge in [-0.1, -0.05) is 19.1 Å². The van der Waals surface area contributed by atoms with Crippen molar-refractivity contribution in [2.45, 2.75) is 31.9 Å². The van der Waals surface area contributed by atoms with Gasteiger partial charge in [0.05, 0.1) is 7.11 Å². The quantitative estimate of drug-likeness (QED) is 0.640. The predicted molar refractivity (Wildman–Crippen MR) is 101 cm³/mol. The van der Waals surface area contributed by atoms with Gasteiger partial charge in [-0.2, -0.15) is 11.8 Å². The number of aliphatic imine (C=N–C) groups is 1. The molecule has 1 aliphatic rings. The normalized spacial score (nSPS) is 18.8. The number of nitrogens with zero attached hydrogens (tertiary/aromatic N) is 2. The number of nitrogens with one attached hydrogen (secondary N) is 1. The smallest absolute Gasteiger partial charge is 0.193 e. The van der Waals surface area contributed by atoms with Crippen LogP contribution in [0.2, 0.25) is 0 Å². The molecule has 5 heteroatoms. The van der Waals surface area contributed by atoms with Crippen LogP contribution in [0.15, 0.2) is 29.3 Å². The Kier molecular flexibility index (Phi) is 7.59. The minimum atomic E-state index is 0.731. The summed E-state index contributed by atoms with van der Waals surface area (Å²) in [6.45, 7) is 8.34. The first-order chi connectivity index (χ1) is 11.3. The average molecular weight is 336 g/mol. The SMILES string of the molecule is CCNC(=NCCc1ccc(OC)cc1)N1CCSC(CC)C1. The fourth-order valence-corrected chi connectivity index (χ4v) is 3.85. The topological polar surface area (TPSA) is 36.9 Å². The highest BCUT2D eigenvalue weighted by atomic mass is 32.2. The summed E-state index contributed by atoms with van der Waals surface area (Å²) in [5, 5.41) is 4.18. The molecule has 0 bridgehead atoms. The van der Waals surface area contributed by atoms with Crippen molar-refractivity contribution in [1.29, 1.82) is 0 Å². The van der Waals surface area contributed by atoms with Crippen LogP contribution < -0.4 is 10.1 Å². The number of methoxy groups -OCH3 is 1. The molecule has 0 saturated carbocycles. The summed E-state index contributed by atoms with van der Waals surface area (Å²) in [5.41, 5.74) is 1.30. The van der Waals surface area contributed by atoms with E-state index in [2.05, 4.69) is 48.0 Å². The maximum absolute atomic E-state index is 5.20. The molecule has 4 nitrogen and oxygen atoms in total. The van der Waals surface area contributed by atoms with Gasteiger partial charge < -0.3 is 15.0 Å². The van der Waals surface area contributed by atoms with Gasteiger partial charge in [-0.15, -0.1) is 0 Å². The Morgan fingerprint density at radius 2 is 2.13 bits per heavy atom. The van der Waals surface area contributed by atoms with Crippen molar-refractivity contribution in [3.05, 3.63) is 29.8 Å². The van der Waals surface area contributed by atoms with E-state index in [1.165, 1.54) is 17.7 Å². The second kappa shape index (κ2) is 9.71. The van der Waals surface area contributed by atoms with Gasteiger partial charge in [0, 0.05) is 37.2 Å². The molecule has 1 aromatic rings. The summed E-state index contributed by atoms with van der Waals surface area (Å²) >= 11 is 2.09. The molecule has 0 aromatic heterocycles. The lowest BCUT2D eigenvalue weighted by Crippen LogP contribution is -2.48. The van der Waals surface area contributed by atoms with E-state index in [9.17, 15) is 0 Å². The summed E-state index contributed by atoms with van der Waals surface area (Å²) in [5.74, 6) is 3.17. The van der Waals surface area contributed by atoms with Crippen LogP contribution in [0.1, 0.15) is 25.8 Å². The second-order valence-corrected chi connectivity index (χ2v) is 7.09. The molecule has 1 saturated heterocycles. The lowest BCUT2D eigenvalue weighted by Gasteiger charge is -2.34. The molecule has 1 fully saturated rings. The molecule has 0 aliphatic carbocycles. The van der Waals surface area contributed by atoms with Gasteiger partial charge in [-0.3, -0.25) is 4.99 Å². The highest BCUT2D eigenvalue weighted by molar-refractivity contribution is 8.00. The van der Waals surface area contributed by atoms with Crippen molar-refractivity contribution in [2.75, 3.05) is 39.0 Å². The molecule has 0 spiro atoms. The molecule has 1 unspecified atom stereocenters. The van der Waals surface area contributed by atoms with Crippen molar-refractivity contribution in [3.8, 4) is 5.75 Å². The van der Waals surface area contributed by atoms with E-state index < -0.39 is 0 Å². The van der Waals surface area contributed by atoms with E-state index in [4.69, 9.17) is 9.73 Å². The van der Waals surface area contributed by atoms with Crippen LogP contribution in [0.25, 0.3) is 0 Å². The summed E-state index contributed by atoms with van der Waals surface area (Å²) in [6, 6.07) is 8.26. The number of ether oxygens (including phenoxy) is 1. The number of benzene rings is 1. The van der Waals surface area contributed by atoms with Crippen LogP contribution in [0.3, 0.4) is 0 Å². The highest BCUT2D eigenvalue weighted by Crippen LogP contribution is 2.21. The predicted octanol–water partition coefficient (Wildman–Crippen LogP) is 3.03. The molecule has 23 heavy (non-hydrogen) atoms. The van der Waals surface area contributed by atoms with E-state index in [1.54, 1.807) is 7.11 Å². The maximum atomic E-state index is 5.20. The molecular formula is C18H29N3OS. The van der Waals surface area contributed by atoms with Gasteiger partial charge in [0.2, 0.25) is 0 Å². The third kappa shape index (κ3) is 5.65. The molecule has 1 heterocycles. The first-order valence-corrected chi connectivity index (χ1v) is 9.59. The molecule has 0 amide bonds. The standard InChI is InChI=1S/C18H29N3OS/c1-4-17-14-21(12-13-23-17)18(19-5-2)20-11-10-15-6-8-16(22-3)9-7-15/h6-9,17H,4-5,10-14H2,1-3H3,(H,19,20). The molecule has 1 aromatic carbocycles. The Hall–Kier alpha value is -1.36. The van der Waals surface area contributed by atoms with Crippen LogP contribution in [0.5, 0.6) is 5.75 Å². The van der Waals surface area contributed by atoms with E-state index in [0.29, 0.717) is 0 Å². The Labute approximate surface area is 144 Å². The Morgan fingerprint density at radius 1 is 1.35 bits per heavy atom. The monoisotopic (exact) mass is 335 g/mol. The number of hydrogen-bond donors (Lipinski definition) is 1. The van der Waals surface area contributed by atoms with Crippen LogP contribution in [-0.4, -0.2) is 55.2 Å². The second-order valence-electron chi connectivity index (χ2n) is 5.68. The van der Waals surface area contributed by atoms with Crippen molar-refractivity contribution < 1.29 is 4.74 Å². The van der Waals surface area contributed by atoms with Gasteiger partial charge in [0.1, 0.15) is 5.75 Å². The van der Waals surface area contributed by atoms with Crippen LogP contribution in [0, 0.1) is 0 Å². The largest absolute Gasteiger partial charge is 0.497 e. The number of thioether (sulfide) groups is 1. The molecule has 1 aliphatic heterocycles. The fraction of sp³-hybridized carbons (Fsp3) is 0.611. The number of guanidine groups is 1. The zero-order chi connectivity index (χ0) is 16.5. The third-order valence-corrected chi connectivity index (χ3v) is 5.42. The van der Waals surface area contributed by atoms with Gasteiger partial charge >= 0.3 is 0 Å². The molecule has 2 rings (SSSR count). The van der Waals surface area contributed by atoms with Gasteiger partial charge in [-0.25, -0.2) is 0 Å². The first kappa shape index (κ1) is 18.0. The summed E-state index contributed by atoms with van der Waals surface area (Å²) < 4.78 is 5.20. The fourth-order valence-electron chi connectivity index (χ4n) is 2.67. The van der Waals surface area contributed by atoms with Gasteiger partial charge in [0.15, 0.2) is 5.96 Å². The first-order valence-electron chi connectivity index (χ1n) is 8.54. The minimum Gasteiger partial charge on any atom is -0.497 e. The summed E-state index contributed by atoms with van der Waals surface area (Å²) in [7, 11) is 1.70. The molecule has 128 valence electrons. The molecule has 0 radical (unpaired) electrons. The number of rotatable bonds is 6. The van der Waals surface area contributed by atoms with E-state index >= 15 is 0 Å². The lowest BCUT2D eigenvalue weighted by atomic mass is 10.1. The van der Waals surface area contributed by atoms with Crippen LogP contribution in [0.4, 0.5) is 0 Å². The van der Waals surface area contributed by atoms with Crippen molar-refractivity contribution in [1.82, 2.24) is 10.2 Å². The molecule has 1 atom stereocenters. The van der Waals surface area contributed by atoms with Crippen molar-refractivity contribution in [3.63, 3.8) is 0 Å². The Bertz CT molecular complexity index is 490. The Morgan fingerprint density at radius 3 is 2.78 bits per heavy atom. The lowest BCUT2D eigenvalue weighted by molar-refractivity contribution is 0.408. The maximum Gasteiger partial charge on any atom is 0.193 e. The van der Waals surface area contributed by atoms with Crippen LogP contribution >= 0.6 is 11.8 Å². The highest BCUT2D eigenvalue weighted by Gasteiger charge is 2.21. The van der Waals surface area contributed by atoms with E-state index in [1.807, 2.05) is 12.1 Å². The third-order valence-electron chi connectivity index (χ3n) is 4.05. The van der Waals surface area contributed by atoms with E-state index in [0.717, 1.165) is 49.6 Å². The number of hydrogen-bond acceptors (Lipinski definition) is 3. The van der Waals surface area contributed by atoms with Gasteiger partial charge in [-0.05, 0) is 37.5 Å². The minimum absolute atomic E-state index is 0.731. The zero-order valence-corrected chi connectivity index (χ0v) is 15.4. The average Bonchev–Trinajstić information content (AvgIpc) is 2.61. The molecule has 1 N–H and O–H groups in total. The molecular weight excluding hydrogens is 306 g/mol. The van der Waals surface area contributed by atoms with Gasteiger partial charge in [0.25, 0.3) is 0 Å².